The molecule has 1 aliphatic heterocycles. The SMILES string of the molecule is O=C(CN1CC[C@H](c2nc(I)c3c(Cl)nccn23)C1)OCc1ccccc1. The standard InChI is InChI=1S/C19H18ClIN4O2/c20-17-16-18(21)23-19(25(16)9-7-22-17)14-6-8-24(10-14)11-15(26)27-12-13-4-2-1-3-5-13/h1-5,7,9,14H,6,8,10-12H2/t14-/m0/s1. The highest BCUT2D eigenvalue weighted by molar-refractivity contribution is 14.1. The summed E-state index contributed by atoms with van der Waals surface area (Å²) in [5, 5.41) is 0.458. The average molecular weight is 497 g/mol. The first-order valence-corrected chi connectivity index (χ1v) is 10.2. The van der Waals surface area contributed by atoms with E-state index in [2.05, 4.69) is 32.5 Å². The molecule has 0 bridgehead atoms. The molecule has 0 aliphatic carbocycles. The van der Waals surface area contributed by atoms with Crippen LogP contribution in [0.4, 0.5) is 0 Å². The van der Waals surface area contributed by atoms with Gasteiger partial charge in [0.2, 0.25) is 0 Å². The van der Waals surface area contributed by atoms with E-state index in [4.69, 9.17) is 21.3 Å². The fourth-order valence-corrected chi connectivity index (χ4v) is 4.58. The van der Waals surface area contributed by atoms with Gasteiger partial charge in [-0.25, -0.2) is 9.97 Å². The van der Waals surface area contributed by atoms with Gasteiger partial charge in [0.1, 0.15) is 21.6 Å². The quantitative estimate of drug-likeness (QED) is 0.400. The molecule has 1 aromatic carbocycles. The van der Waals surface area contributed by atoms with E-state index in [-0.39, 0.29) is 11.9 Å². The maximum absolute atomic E-state index is 12.2. The number of fused-ring (bicyclic) bond motifs is 1. The van der Waals surface area contributed by atoms with Crippen LogP contribution in [0.25, 0.3) is 5.52 Å². The molecule has 8 heteroatoms. The number of hydrogen-bond donors (Lipinski definition) is 0. The minimum atomic E-state index is -0.200. The van der Waals surface area contributed by atoms with Crippen molar-refractivity contribution in [2.75, 3.05) is 19.6 Å². The minimum absolute atomic E-state index is 0.200. The normalized spacial score (nSPS) is 17.5. The van der Waals surface area contributed by atoms with Crippen LogP contribution in [0.3, 0.4) is 0 Å². The van der Waals surface area contributed by atoms with Gasteiger partial charge in [0, 0.05) is 24.9 Å². The first kappa shape index (κ1) is 18.6. The lowest BCUT2D eigenvalue weighted by atomic mass is 10.1. The largest absolute Gasteiger partial charge is 0.460 e. The number of carbonyl (C=O) groups excluding carboxylic acids is 1. The molecule has 0 unspecified atom stereocenters. The summed E-state index contributed by atoms with van der Waals surface area (Å²) in [5.74, 6) is 1.02. The van der Waals surface area contributed by atoms with Crippen LogP contribution in [0.2, 0.25) is 5.15 Å². The van der Waals surface area contributed by atoms with E-state index in [1.807, 2.05) is 40.9 Å². The predicted molar refractivity (Wildman–Crippen MR) is 111 cm³/mol. The fraction of sp³-hybridized carbons (Fsp3) is 0.316. The molecule has 1 atom stereocenters. The van der Waals surface area contributed by atoms with Crippen LogP contribution >= 0.6 is 34.2 Å². The van der Waals surface area contributed by atoms with Gasteiger partial charge in [-0.05, 0) is 41.1 Å². The number of carbonyl (C=O) groups is 1. The molecule has 0 radical (unpaired) electrons. The Kier molecular flexibility index (Phi) is 5.60. The lowest BCUT2D eigenvalue weighted by Gasteiger charge is -2.15. The number of benzene rings is 1. The molecule has 1 aliphatic rings. The Hall–Kier alpha value is -1.71. The highest BCUT2D eigenvalue weighted by Gasteiger charge is 2.29. The predicted octanol–water partition coefficient (Wildman–Crippen LogP) is 3.52. The zero-order chi connectivity index (χ0) is 18.8. The van der Waals surface area contributed by atoms with E-state index >= 15 is 0 Å². The van der Waals surface area contributed by atoms with Crippen molar-refractivity contribution in [3.8, 4) is 0 Å². The third kappa shape index (κ3) is 4.09. The second kappa shape index (κ2) is 8.12. The highest BCUT2D eigenvalue weighted by Crippen LogP contribution is 2.30. The van der Waals surface area contributed by atoms with Gasteiger partial charge in [0.25, 0.3) is 0 Å². The number of halogens is 2. The second-order valence-electron chi connectivity index (χ2n) is 6.56. The van der Waals surface area contributed by atoms with Crippen molar-refractivity contribution in [3.05, 3.63) is 63.0 Å². The number of ether oxygens (including phenoxy) is 1. The van der Waals surface area contributed by atoms with E-state index in [0.29, 0.717) is 18.3 Å². The Bertz CT molecular complexity index is 963. The number of imidazole rings is 1. The topological polar surface area (TPSA) is 59.7 Å². The van der Waals surface area contributed by atoms with Gasteiger partial charge in [0.05, 0.1) is 6.54 Å². The van der Waals surface area contributed by atoms with E-state index < -0.39 is 0 Å². The molecule has 0 spiro atoms. The lowest BCUT2D eigenvalue weighted by Crippen LogP contribution is -2.29. The first-order chi connectivity index (χ1) is 13.1. The van der Waals surface area contributed by atoms with Crippen molar-refractivity contribution < 1.29 is 9.53 Å². The van der Waals surface area contributed by atoms with Crippen molar-refractivity contribution in [2.45, 2.75) is 18.9 Å². The molecule has 2 aromatic heterocycles. The number of esters is 1. The van der Waals surface area contributed by atoms with Crippen molar-refractivity contribution >= 4 is 45.7 Å². The molecule has 0 amide bonds. The number of rotatable bonds is 5. The van der Waals surface area contributed by atoms with Gasteiger partial charge in [-0.15, -0.1) is 0 Å². The van der Waals surface area contributed by atoms with Crippen molar-refractivity contribution in [2.24, 2.45) is 0 Å². The van der Waals surface area contributed by atoms with Gasteiger partial charge in [0.15, 0.2) is 5.15 Å². The molecular formula is C19H18ClIN4O2. The zero-order valence-electron chi connectivity index (χ0n) is 14.5. The maximum atomic E-state index is 12.2. The van der Waals surface area contributed by atoms with E-state index in [1.54, 1.807) is 6.20 Å². The lowest BCUT2D eigenvalue weighted by molar-refractivity contribution is -0.146. The Morgan fingerprint density at radius 2 is 2.15 bits per heavy atom. The fourth-order valence-electron chi connectivity index (χ4n) is 3.42. The summed E-state index contributed by atoms with van der Waals surface area (Å²) in [4.78, 5) is 23.1. The molecule has 0 N–H and O–H groups in total. The molecule has 3 heterocycles. The third-order valence-electron chi connectivity index (χ3n) is 4.73. The van der Waals surface area contributed by atoms with Crippen LogP contribution in [0.5, 0.6) is 0 Å². The van der Waals surface area contributed by atoms with E-state index in [9.17, 15) is 4.79 Å². The van der Waals surface area contributed by atoms with Crippen molar-refractivity contribution in [3.63, 3.8) is 0 Å². The number of hydrogen-bond acceptors (Lipinski definition) is 5. The summed E-state index contributed by atoms with van der Waals surface area (Å²) in [7, 11) is 0. The molecular weight excluding hydrogens is 479 g/mol. The Morgan fingerprint density at radius 3 is 2.96 bits per heavy atom. The van der Waals surface area contributed by atoms with Gasteiger partial charge < -0.3 is 4.74 Å². The van der Waals surface area contributed by atoms with Crippen molar-refractivity contribution in [1.82, 2.24) is 19.3 Å². The minimum Gasteiger partial charge on any atom is -0.460 e. The Labute approximate surface area is 175 Å². The number of likely N-dealkylation sites (tertiary alicyclic amines) is 1. The monoisotopic (exact) mass is 496 g/mol. The van der Waals surface area contributed by atoms with Crippen LogP contribution in [0.1, 0.15) is 23.7 Å². The highest BCUT2D eigenvalue weighted by atomic mass is 127. The van der Waals surface area contributed by atoms with Crippen LogP contribution in [-0.4, -0.2) is 44.9 Å². The Morgan fingerprint density at radius 1 is 1.33 bits per heavy atom. The average Bonchev–Trinajstić information content (AvgIpc) is 3.26. The summed E-state index contributed by atoms with van der Waals surface area (Å²) in [6, 6.07) is 9.71. The van der Waals surface area contributed by atoms with Crippen LogP contribution in [0, 0.1) is 3.70 Å². The summed E-state index contributed by atoms with van der Waals surface area (Å²) >= 11 is 8.41. The molecule has 1 saturated heterocycles. The molecule has 6 nitrogen and oxygen atoms in total. The smallest absolute Gasteiger partial charge is 0.320 e. The molecule has 4 rings (SSSR count). The number of aromatic nitrogens is 3. The molecule has 0 saturated carbocycles. The summed E-state index contributed by atoms with van der Waals surface area (Å²) in [6.45, 7) is 2.22. The number of nitrogens with zero attached hydrogens (tertiary/aromatic N) is 4. The zero-order valence-corrected chi connectivity index (χ0v) is 17.4. The van der Waals surface area contributed by atoms with Crippen LogP contribution < -0.4 is 0 Å². The maximum Gasteiger partial charge on any atom is 0.320 e. The summed E-state index contributed by atoms with van der Waals surface area (Å²) in [6.07, 6.45) is 4.52. The van der Waals surface area contributed by atoms with Crippen molar-refractivity contribution in [1.29, 1.82) is 0 Å². The van der Waals surface area contributed by atoms with Gasteiger partial charge in [-0.3, -0.25) is 14.1 Å². The van der Waals surface area contributed by atoms with Gasteiger partial charge in [-0.1, -0.05) is 41.9 Å². The Balaban J connectivity index is 1.38. The van der Waals surface area contributed by atoms with Gasteiger partial charge in [-0.2, -0.15) is 0 Å². The second-order valence-corrected chi connectivity index (χ2v) is 7.94. The van der Waals surface area contributed by atoms with E-state index in [0.717, 1.165) is 40.1 Å². The third-order valence-corrected chi connectivity index (χ3v) is 5.76. The van der Waals surface area contributed by atoms with Crippen LogP contribution in [0.15, 0.2) is 42.7 Å². The molecule has 3 aromatic rings. The molecule has 27 heavy (non-hydrogen) atoms. The van der Waals surface area contributed by atoms with E-state index in [1.165, 1.54) is 0 Å². The van der Waals surface area contributed by atoms with Crippen LogP contribution in [-0.2, 0) is 16.1 Å². The molecule has 140 valence electrons. The summed E-state index contributed by atoms with van der Waals surface area (Å²) < 4.78 is 8.25. The summed E-state index contributed by atoms with van der Waals surface area (Å²) in [5.41, 5.74) is 1.84. The van der Waals surface area contributed by atoms with Gasteiger partial charge >= 0.3 is 5.97 Å². The first-order valence-electron chi connectivity index (χ1n) is 8.71. The molecule has 1 fully saturated rings.